The molecule has 0 aliphatic heterocycles. The van der Waals surface area contributed by atoms with E-state index >= 15 is 0 Å². The van der Waals surface area contributed by atoms with Gasteiger partial charge in [0, 0.05) is 13.3 Å². The second-order valence-electron chi connectivity index (χ2n) is 3.04. The first-order chi connectivity index (χ1) is 8.53. The largest absolute Gasteiger partial charge is 0.506 e. The Balaban J connectivity index is 5.80. The molecule has 4 nitrogen and oxygen atoms in total. The number of hydrogen-bond acceptors (Lipinski definition) is 4. The summed E-state index contributed by atoms with van der Waals surface area (Å²) in [5, 5.41) is 9.87. The van der Waals surface area contributed by atoms with E-state index in [1.807, 2.05) is 0 Å². The summed E-state index contributed by atoms with van der Waals surface area (Å²) in [6.07, 6.45) is 3.07. The minimum atomic E-state index is -0.797. The second-order valence-corrected chi connectivity index (χ2v) is 3.04. The van der Waals surface area contributed by atoms with Gasteiger partial charge in [0.05, 0.1) is 12.2 Å². The lowest BCUT2D eigenvalue weighted by atomic mass is 10.1. The number of hydrogen-bond donors (Lipinski definition) is 1. The Morgan fingerprint density at radius 2 is 2.00 bits per heavy atom. The van der Waals surface area contributed by atoms with Gasteiger partial charge in [0.1, 0.15) is 17.2 Å². The van der Waals surface area contributed by atoms with Crippen LogP contribution in [0.3, 0.4) is 0 Å². The van der Waals surface area contributed by atoms with Crippen LogP contribution in [0.2, 0.25) is 0 Å². The Labute approximate surface area is 105 Å². The predicted molar refractivity (Wildman–Crippen MR) is 69.2 cm³/mol. The summed E-state index contributed by atoms with van der Waals surface area (Å²) in [4.78, 5) is 15.2. The van der Waals surface area contributed by atoms with Crippen molar-refractivity contribution >= 4 is 12.2 Å². The summed E-state index contributed by atoms with van der Waals surface area (Å²) in [6.45, 7) is 8.34. The Morgan fingerprint density at radius 3 is 2.39 bits per heavy atom. The van der Waals surface area contributed by atoms with Crippen LogP contribution in [0.1, 0.15) is 6.92 Å². The van der Waals surface area contributed by atoms with Crippen molar-refractivity contribution in [3.8, 4) is 0 Å². The Bertz CT molecular complexity index is 434. The summed E-state index contributed by atoms with van der Waals surface area (Å²) in [5.74, 6) is -2.18. The number of carbonyl (C=O) groups excluding carboxylic acids is 1. The number of rotatable bonds is 6. The van der Waals surface area contributed by atoms with Gasteiger partial charge in [-0.2, -0.15) is 0 Å². The summed E-state index contributed by atoms with van der Waals surface area (Å²) in [6, 6.07) is 0. The Hall–Kier alpha value is -2.17. The van der Waals surface area contributed by atoms with Crippen molar-refractivity contribution in [3.63, 3.8) is 0 Å². The molecule has 0 saturated carbocycles. The van der Waals surface area contributed by atoms with Gasteiger partial charge in [-0.1, -0.05) is 19.2 Å². The van der Waals surface area contributed by atoms with Crippen LogP contribution in [0.15, 0.2) is 53.0 Å². The number of nitrogens with zero attached hydrogens (tertiary/aromatic N) is 1. The molecule has 1 N–H and O–H groups in total. The van der Waals surface area contributed by atoms with Crippen molar-refractivity contribution in [1.29, 1.82) is 0 Å². The number of halogens is 1. The van der Waals surface area contributed by atoms with Crippen molar-refractivity contribution < 1.29 is 19.0 Å². The fraction of sp³-hybridized carbons (Fsp3) is 0.231. The monoisotopic (exact) mass is 253 g/mol. The van der Waals surface area contributed by atoms with Gasteiger partial charge in [-0.25, -0.2) is 9.18 Å². The van der Waals surface area contributed by atoms with E-state index in [0.717, 1.165) is 18.4 Å². The fourth-order valence-corrected chi connectivity index (χ4v) is 1.11. The molecule has 0 atom stereocenters. The zero-order valence-corrected chi connectivity index (χ0v) is 10.4. The van der Waals surface area contributed by atoms with E-state index < -0.39 is 17.6 Å². The van der Waals surface area contributed by atoms with Crippen molar-refractivity contribution in [2.75, 3.05) is 13.7 Å². The predicted octanol–water partition coefficient (Wildman–Crippen LogP) is 2.66. The highest BCUT2D eigenvalue weighted by molar-refractivity contribution is 6.10. The van der Waals surface area contributed by atoms with Gasteiger partial charge in [0.25, 0.3) is 0 Å². The Morgan fingerprint density at radius 1 is 1.39 bits per heavy atom. The van der Waals surface area contributed by atoms with Gasteiger partial charge in [-0.15, -0.1) is 0 Å². The minimum absolute atomic E-state index is 0.129. The van der Waals surface area contributed by atoms with Crippen molar-refractivity contribution in [1.82, 2.24) is 0 Å². The maximum atomic E-state index is 13.4. The molecule has 0 amide bonds. The third kappa shape index (κ3) is 4.01. The molecule has 0 saturated heterocycles. The third-order valence-corrected chi connectivity index (χ3v) is 1.90. The zero-order chi connectivity index (χ0) is 14.1. The van der Waals surface area contributed by atoms with Crippen LogP contribution in [0.25, 0.3) is 0 Å². The molecule has 98 valence electrons. The lowest BCUT2D eigenvalue weighted by molar-refractivity contribution is -0.138. The quantitative estimate of drug-likeness (QED) is 0.260. The number of carbonyl (C=O) groups is 1. The van der Waals surface area contributed by atoms with E-state index in [4.69, 9.17) is 4.74 Å². The lowest BCUT2D eigenvalue weighted by Gasteiger charge is -2.07. The van der Waals surface area contributed by atoms with E-state index in [1.165, 1.54) is 7.05 Å². The average molecular weight is 253 g/mol. The normalized spacial score (nSPS) is 13.7. The van der Waals surface area contributed by atoms with Crippen LogP contribution in [0, 0.1) is 0 Å². The molecule has 0 bridgehead atoms. The topological polar surface area (TPSA) is 58.9 Å². The summed E-state index contributed by atoms with van der Waals surface area (Å²) in [5.41, 5.74) is -0.487. The van der Waals surface area contributed by atoms with Crippen LogP contribution in [-0.2, 0) is 9.53 Å². The first-order valence-corrected chi connectivity index (χ1v) is 5.20. The molecule has 0 rings (SSSR count). The number of ether oxygens (including phenoxy) is 1. The second kappa shape index (κ2) is 8.00. The van der Waals surface area contributed by atoms with E-state index in [9.17, 15) is 14.3 Å². The number of aliphatic hydroxyl groups is 1. The first-order valence-electron chi connectivity index (χ1n) is 5.20. The number of aliphatic imine (C=N–C) groups is 1. The molecule has 0 aliphatic carbocycles. The van der Waals surface area contributed by atoms with E-state index in [-0.39, 0.29) is 17.8 Å². The average Bonchev–Trinajstić information content (AvgIpc) is 2.36. The van der Waals surface area contributed by atoms with Crippen LogP contribution in [0.4, 0.5) is 4.39 Å². The molecular weight excluding hydrogens is 237 g/mol. The van der Waals surface area contributed by atoms with Gasteiger partial charge in [0.2, 0.25) is 0 Å². The smallest absolute Gasteiger partial charge is 0.343 e. The van der Waals surface area contributed by atoms with Gasteiger partial charge < -0.3 is 9.84 Å². The number of aliphatic hydroxyl groups excluding tert-OH is 1. The number of esters is 1. The van der Waals surface area contributed by atoms with Gasteiger partial charge in [-0.3, -0.25) is 4.99 Å². The van der Waals surface area contributed by atoms with Gasteiger partial charge >= 0.3 is 5.97 Å². The fourth-order valence-electron chi connectivity index (χ4n) is 1.11. The van der Waals surface area contributed by atoms with Crippen molar-refractivity contribution in [3.05, 3.63) is 48.0 Å². The molecule has 0 radical (unpaired) electrons. The number of allylic oxidation sites excluding steroid dienone is 3. The summed E-state index contributed by atoms with van der Waals surface area (Å²) < 4.78 is 18.1. The van der Waals surface area contributed by atoms with Gasteiger partial charge in [0.15, 0.2) is 0 Å². The molecule has 0 unspecified atom stereocenters. The van der Waals surface area contributed by atoms with Crippen LogP contribution in [-0.4, -0.2) is 30.9 Å². The molecule has 5 heteroatoms. The molecule has 0 spiro atoms. The first kappa shape index (κ1) is 15.8. The van der Waals surface area contributed by atoms with E-state index in [0.29, 0.717) is 0 Å². The molecule has 0 aromatic heterocycles. The van der Waals surface area contributed by atoms with E-state index in [2.05, 4.69) is 18.2 Å². The highest BCUT2D eigenvalue weighted by Crippen LogP contribution is 2.19. The highest BCUT2D eigenvalue weighted by Gasteiger charge is 2.18. The van der Waals surface area contributed by atoms with Crippen LogP contribution >= 0.6 is 0 Å². The molecule has 18 heavy (non-hydrogen) atoms. The highest BCUT2D eigenvalue weighted by atomic mass is 19.1. The summed E-state index contributed by atoms with van der Waals surface area (Å²) in [7, 11) is 1.41. The standard InChI is InChI=1S/C13H16FNO3/c1-5-9(11(14)6-2)12(16)10(8-15-4)13(17)18-7-3/h5-6,8,16H,1-2,7H2,3-4H3/b11-9-,12-10-,15-8?. The molecule has 0 heterocycles. The Kier molecular flexibility index (Phi) is 7.04. The van der Waals surface area contributed by atoms with Gasteiger partial charge in [-0.05, 0) is 13.0 Å². The SMILES string of the molecule is C=C/C(F)=C(C=C)/C(O)=C(\C=NC)C(=O)OCC. The molecule has 0 aromatic carbocycles. The van der Waals surface area contributed by atoms with E-state index in [1.54, 1.807) is 6.92 Å². The molecule has 0 fully saturated rings. The van der Waals surface area contributed by atoms with Crippen molar-refractivity contribution in [2.45, 2.75) is 6.92 Å². The molecule has 0 aliphatic rings. The summed E-state index contributed by atoms with van der Waals surface area (Å²) >= 11 is 0. The molecular formula is C13H16FNO3. The zero-order valence-electron chi connectivity index (χ0n) is 10.4. The van der Waals surface area contributed by atoms with Crippen LogP contribution < -0.4 is 0 Å². The van der Waals surface area contributed by atoms with Crippen molar-refractivity contribution in [2.24, 2.45) is 4.99 Å². The lowest BCUT2D eigenvalue weighted by Crippen LogP contribution is -2.12. The third-order valence-electron chi connectivity index (χ3n) is 1.90. The maximum Gasteiger partial charge on any atom is 0.343 e. The minimum Gasteiger partial charge on any atom is -0.506 e. The maximum absolute atomic E-state index is 13.4. The van der Waals surface area contributed by atoms with Crippen LogP contribution in [0.5, 0.6) is 0 Å². The molecule has 0 aromatic rings.